The molecule has 2 amide bonds. The van der Waals surface area contributed by atoms with E-state index in [1.54, 1.807) is 30.5 Å². The van der Waals surface area contributed by atoms with Crippen molar-refractivity contribution in [3.8, 4) is 0 Å². The number of nitrogens with zero attached hydrogens (tertiary/aromatic N) is 1. The second kappa shape index (κ2) is 10.2. The molecule has 1 aromatic heterocycles. The zero-order chi connectivity index (χ0) is 20.6. The van der Waals surface area contributed by atoms with Crippen molar-refractivity contribution in [1.82, 2.24) is 20.9 Å². The molecule has 29 heavy (non-hydrogen) atoms. The number of aromatic nitrogens is 1. The zero-order valence-electron chi connectivity index (χ0n) is 16.2. The highest BCUT2D eigenvalue weighted by atomic mass is 35.5. The number of halogens is 1. The summed E-state index contributed by atoms with van der Waals surface area (Å²) in [5.41, 5.74) is 7.30. The van der Waals surface area contributed by atoms with Gasteiger partial charge in [0.15, 0.2) is 0 Å². The molecule has 1 saturated heterocycles. The first-order chi connectivity index (χ1) is 14.0. The van der Waals surface area contributed by atoms with Crippen LogP contribution >= 0.6 is 11.6 Å². The number of nitrogen functional groups attached to an aromatic ring is 1. The van der Waals surface area contributed by atoms with E-state index in [9.17, 15) is 9.59 Å². The van der Waals surface area contributed by atoms with Crippen molar-refractivity contribution in [3.05, 3.63) is 58.7 Å². The van der Waals surface area contributed by atoms with Gasteiger partial charge in [0.1, 0.15) is 11.9 Å². The third-order valence-electron chi connectivity index (χ3n) is 4.90. The molecule has 1 aromatic carbocycles. The van der Waals surface area contributed by atoms with Crippen molar-refractivity contribution in [3.63, 3.8) is 0 Å². The number of carbonyl (C=O) groups excluding carboxylic acids is 2. The quantitative estimate of drug-likeness (QED) is 0.551. The van der Waals surface area contributed by atoms with E-state index in [1.165, 1.54) is 0 Å². The van der Waals surface area contributed by atoms with Crippen LogP contribution in [0.1, 0.15) is 30.4 Å². The standard InChI is InChI=1S/C21H26ClN5O2/c22-16-5-3-4-14(10-16)11-18(27-21(29)17-6-1-2-9-24-17)20(28)26-13-15-7-8-19(23)25-12-15/h3-5,7-8,10,12,17-18,24H,1-2,6,9,11,13H2,(H2,23,25)(H,26,28)(H,27,29)/t17-,18+/m0/s1. The molecule has 8 heteroatoms. The molecule has 0 radical (unpaired) electrons. The van der Waals surface area contributed by atoms with Gasteiger partial charge in [0.25, 0.3) is 0 Å². The van der Waals surface area contributed by atoms with Crippen molar-refractivity contribution in [2.45, 2.75) is 44.3 Å². The van der Waals surface area contributed by atoms with Crippen molar-refractivity contribution < 1.29 is 9.59 Å². The summed E-state index contributed by atoms with van der Waals surface area (Å²) in [6.07, 6.45) is 4.80. The van der Waals surface area contributed by atoms with E-state index in [2.05, 4.69) is 20.9 Å². The molecule has 5 N–H and O–H groups in total. The molecule has 2 aromatic rings. The Hall–Kier alpha value is -2.64. The lowest BCUT2D eigenvalue weighted by Crippen LogP contribution is -2.54. The monoisotopic (exact) mass is 415 g/mol. The summed E-state index contributed by atoms with van der Waals surface area (Å²) in [4.78, 5) is 29.6. The van der Waals surface area contributed by atoms with Gasteiger partial charge < -0.3 is 21.7 Å². The minimum Gasteiger partial charge on any atom is -0.384 e. The van der Waals surface area contributed by atoms with Gasteiger partial charge in [-0.3, -0.25) is 9.59 Å². The van der Waals surface area contributed by atoms with Gasteiger partial charge >= 0.3 is 0 Å². The molecule has 0 aliphatic carbocycles. The molecule has 1 fully saturated rings. The normalized spacial score (nSPS) is 17.3. The Morgan fingerprint density at radius 2 is 2.10 bits per heavy atom. The summed E-state index contributed by atoms with van der Waals surface area (Å²) in [7, 11) is 0. The van der Waals surface area contributed by atoms with Gasteiger partial charge in [-0.25, -0.2) is 4.98 Å². The van der Waals surface area contributed by atoms with Gasteiger partial charge in [-0.2, -0.15) is 0 Å². The molecule has 0 unspecified atom stereocenters. The fourth-order valence-electron chi connectivity index (χ4n) is 3.31. The summed E-state index contributed by atoms with van der Waals surface area (Å²) < 4.78 is 0. The van der Waals surface area contributed by atoms with Gasteiger partial charge in [-0.05, 0) is 48.7 Å². The topological polar surface area (TPSA) is 109 Å². The third-order valence-corrected chi connectivity index (χ3v) is 5.14. The largest absolute Gasteiger partial charge is 0.384 e. The van der Waals surface area contributed by atoms with Gasteiger partial charge in [0, 0.05) is 24.2 Å². The highest BCUT2D eigenvalue weighted by Crippen LogP contribution is 2.13. The average molecular weight is 416 g/mol. The fourth-order valence-corrected chi connectivity index (χ4v) is 3.52. The molecule has 2 atom stereocenters. The van der Waals surface area contributed by atoms with E-state index in [1.807, 2.05) is 12.1 Å². The molecule has 1 aliphatic rings. The number of benzene rings is 1. The second-order valence-electron chi connectivity index (χ2n) is 7.21. The molecule has 0 spiro atoms. The van der Waals surface area contributed by atoms with Crippen LogP contribution in [-0.4, -0.2) is 35.4 Å². The summed E-state index contributed by atoms with van der Waals surface area (Å²) in [6.45, 7) is 1.11. The predicted octanol–water partition coefficient (Wildman–Crippen LogP) is 1.80. The first-order valence-electron chi connectivity index (χ1n) is 9.77. The van der Waals surface area contributed by atoms with E-state index < -0.39 is 6.04 Å². The number of rotatable bonds is 7. The Bertz CT molecular complexity index is 837. The number of nitrogens with one attached hydrogen (secondary N) is 3. The Kier molecular flexibility index (Phi) is 7.43. The number of nitrogens with two attached hydrogens (primary N) is 1. The minimum absolute atomic E-state index is 0.152. The van der Waals surface area contributed by atoms with E-state index in [0.717, 1.165) is 36.9 Å². The number of carbonyl (C=O) groups is 2. The molecule has 0 saturated carbocycles. The molecule has 3 rings (SSSR count). The Labute approximate surface area is 175 Å². The SMILES string of the molecule is Nc1ccc(CNC(=O)[C@@H](Cc2cccc(Cl)c2)NC(=O)[C@@H]2CCCCN2)cn1. The van der Waals surface area contributed by atoms with Crippen LogP contribution in [0, 0.1) is 0 Å². The Balaban J connectivity index is 1.67. The molecule has 154 valence electrons. The van der Waals surface area contributed by atoms with Crippen LogP contribution in [-0.2, 0) is 22.6 Å². The number of amides is 2. The predicted molar refractivity (Wildman–Crippen MR) is 113 cm³/mol. The summed E-state index contributed by atoms with van der Waals surface area (Å²) in [5, 5.41) is 9.59. The lowest BCUT2D eigenvalue weighted by Gasteiger charge is -2.25. The maximum absolute atomic E-state index is 12.9. The summed E-state index contributed by atoms with van der Waals surface area (Å²) in [5.74, 6) is 0.0122. The van der Waals surface area contributed by atoms with Crippen LogP contribution in [0.25, 0.3) is 0 Å². The lowest BCUT2D eigenvalue weighted by molar-refractivity contribution is -0.130. The summed E-state index contributed by atoms with van der Waals surface area (Å²) in [6, 6.07) is 9.82. The highest BCUT2D eigenvalue weighted by molar-refractivity contribution is 6.30. The molecular formula is C21H26ClN5O2. The molecule has 1 aliphatic heterocycles. The van der Waals surface area contributed by atoms with Gasteiger partial charge in [0.2, 0.25) is 11.8 Å². The van der Waals surface area contributed by atoms with E-state index in [4.69, 9.17) is 17.3 Å². The van der Waals surface area contributed by atoms with Gasteiger partial charge in [0.05, 0.1) is 6.04 Å². The van der Waals surface area contributed by atoms with Crippen molar-refractivity contribution in [2.24, 2.45) is 0 Å². The van der Waals surface area contributed by atoms with Crippen LogP contribution in [0.3, 0.4) is 0 Å². The minimum atomic E-state index is -0.702. The van der Waals surface area contributed by atoms with Gasteiger partial charge in [-0.15, -0.1) is 0 Å². The van der Waals surface area contributed by atoms with E-state index in [0.29, 0.717) is 23.8 Å². The molecule has 7 nitrogen and oxygen atoms in total. The first kappa shape index (κ1) is 21.1. The maximum atomic E-state index is 12.9. The number of anilines is 1. The Morgan fingerprint density at radius 1 is 1.24 bits per heavy atom. The number of piperidine rings is 1. The Morgan fingerprint density at radius 3 is 2.79 bits per heavy atom. The second-order valence-corrected chi connectivity index (χ2v) is 7.64. The lowest BCUT2D eigenvalue weighted by atomic mass is 10.0. The van der Waals surface area contributed by atoms with Crippen molar-refractivity contribution >= 4 is 29.2 Å². The number of pyridine rings is 1. The van der Waals surface area contributed by atoms with Crippen LogP contribution in [0.2, 0.25) is 5.02 Å². The third kappa shape index (κ3) is 6.44. The van der Waals surface area contributed by atoms with Crippen LogP contribution in [0.4, 0.5) is 5.82 Å². The molecule has 2 heterocycles. The van der Waals surface area contributed by atoms with Crippen LogP contribution < -0.4 is 21.7 Å². The van der Waals surface area contributed by atoms with Crippen molar-refractivity contribution in [1.29, 1.82) is 0 Å². The van der Waals surface area contributed by atoms with E-state index >= 15 is 0 Å². The fraction of sp³-hybridized carbons (Fsp3) is 0.381. The number of hydrogen-bond donors (Lipinski definition) is 4. The maximum Gasteiger partial charge on any atom is 0.243 e. The first-order valence-corrected chi connectivity index (χ1v) is 10.2. The van der Waals surface area contributed by atoms with Gasteiger partial charge in [-0.1, -0.05) is 36.2 Å². The molecular weight excluding hydrogens is 390 g/mol. The summed E-state index contributed by atoms with van der Waals surface area (Å²) >= 11 is 6.07. The smallest absolute Gasteiger partial charge is 0.243 e. The van der Waals surface area contributed by atoms with Crippen LogP contribution in [0.15, 0.2) is 42.6 Å². The average Bonchev–Trinajstić information content (AvgIpc) is 2.73. The zero-order valence-corrected chi connectivity index (χ0v) is 16.9. The molecule has 0 bridgehead atoms. The number of hydrogen-bond acceptors (Lipinski definition) is 5. The highest BCUT2D eigenvalue weighted by Gasteiger charge is 2.26. The van der Waals surface area contributed by atoms with E-state index in [-0.39, 0.29) is 17.9 Å². The van der Waals surface area contributed by atoms with Crippen molar-refractivity contribution in [2.75, 3.05) is 12.3 Å². The van der Waals surface area contributed by atoms with Crippen LogP contribution in [0.5, 0.6) is 0 Å².